The number of hydrogen-bond donors (Lipinski definition) is 1. The number of ether oxygens (including phenoxy) is 2. The van der Waals surface area contributed by atoms with Crippen molar-refractivity contribution in [2.24, 2.45) is 0 Å². The third kappa shape index (κ3) is 5.73. The molecular weight excluding hydrogens is 458 g/mol. The molecule has 1 N–H and O–H groups in total. The van der Waals surface area contributed by atoms with Gasteiger partial charge in [0.1, 0.15) is 5.00 Å². The van der Waals surface area contributed by atoms with Gasteiger partial charge in [-0.2, -0.15) is 4.68 Å². The van der Waals surface area contributed by atoms with Gasteiger partial charge in [-0.15, -0.1) is 16.4 Å². The fourth-order valence-electron chi connectivity index (χ4n) is 3.25. The Hall–Kier alpha value is -3.86. The minimum atomic E-state index is -0.781. The summed E-state index contributed by atoms with van der Waals surface area (Å²) in [6.07, 6.45) is 2.18. The van der Waals surface area contributed by atoms with E-state index in [1.54, 1.807) is 32.1 Å². The van der Waals surface area contributed by atoms with E-state index in [1.807, 2.05) is 32.0 Å². The minimum Gasteiger partial charge on any atom is -0.462 e. The number of aromatic nitrogens is 4. The molecule has 0 saturated heterocycles. The maximum atomic E-state index is 12.9. The molecule has 1 amide bonds. The average molecular weight is 484 g/mol. The Bertz CT molecular complexity index is 1220. The van der Waals surface area contributed by atoms with Crippen LogP contribution in [0.25, 0.3) is 11.8 Å². The topological polar surface area (TPSA) is 125 Å². The molecule has 0 bridgehead atoms. The van der Waals surface area contributed by atoms with Gasteiger partial charge in [-0.05, 0) is 54.8 Å². The second-order valence-corrected chi connectivity index (χ2v) is 8.34. The second-order valence-electron chi connectivity index (χ2n) is 7.12. The lowest BCUT2D eigenvalue weighted by atomic mass is 10.1. The number of carbonyl (C=O) groups is 3. The van der Waals surface area contributed by atoms with Gasteiger partial charge in [0.25, 0.3) is 5.91 Å². The highest BCUT2D eigenvalue weighted by atomic mass is 32.1. The molecule has 2 aromatic heterocycles. The molecule has 3 aromatic rings. The van der Waals surface area contributed by atoms with Crippen LogP contribution >= 0.6 is 11.3 Å². The molecule has 0 aliphatic heterocycles. The van der Waals surface area contributed by atoms with E-state index in [4.69, 9.17) is 9.47 Å². The maximum absolute atomic E-state index is 12.9. The fourth-order valence-corrected chi connectivity index (χ4v) is 4.40. The van der Waals surface area contributed by atoms with E-state index in [0.29, 0.717) is 22.8 Å². The summed E-state index contributed by atoms with van der Waals surface area (Å²) in [4.78, 5) is 38.8. The number of thiophene rings is 1. The molecule has 11 heteroatoms. The highest BCUT2D eigenvalue weighted by molar-refractivity contribution is 7.16. The van der Waals surface area contributed by atoms with Crippen LogP contribution in [-0.2, 0) is 25.5 Å². The highest BCUT2D eigenvalue weighted by Gasteiger charge is 2.24. The van der Waals surface area contributed by atoms with Gasteiger partial charge in [0, 0.05) is 4.88 Å². The predicted molar refractivity (Wildman–Crippen MR) is 127 cm³/mol. The lowest BCUT2D eigenvalue weighted by Gasteiger charge is -2.10. The summed E-state index contributed by atoms with van der Waals surface area (Å²) in [7, 11) is 0. The van der Waals surface area contributed by atoms with Gasteiger partial charge in [0.05, 0.1) is 12.2 Å². The smallest absolute Gasteiger partial charge is 0.357 e. The number of anilines is 1. The summed E-state index contributed by atoms with van der Waals surface area (Å²) >= 11 is 1.28. The Kier molecular flexibility index (Phi) is 8.25. The van der Waals surface area contributed by atoms with E-state index in [2.05, 4.69) is 20.8 Å². The van der Waals surface area contributed by atoms with Crippen LogP contribution < -0.4 is 5.32 Å². The molecule has 0 radical (unpaired) electrons. The van der Waals surface area contributed by atoms with Crippen LogP contribution in [0.3, 0.4) is 0 Å². The van der Waals surface area contributed by atoms with Gasteiger partial charge in [-0.25, -0.2) is 9.59 Å². The Balaban J connectivity index is 1.76. The monoisotopic (exact) mass is 483 g/mol. The van der Waals surface area contributed by atoms with Crippen LogP contribution in [0.1, 0.15) is 46.0 Å². The first-order chi connectivity index (χ1) is 16.3. The number of tetrazole rings is 1. The van der Waals surface area contributed by atoms with Crippen LogP contribution in [-0.4, -0.2) is 51.3 Å². The quantitative estimate of drug-likeness (QED) is 0.363. The standard InChI is InChI=1S/C23H25N5O5S/c1-5-17-14(3)34-21(20(17)23(31)32-6-2)24-19(29)13-33-22(30)18(28-15(4)25-26-27-28)12-16-10-8-7-9-11-16/h7-12H,5-6,13H2,1-4H3,(H,24,29)/b18-12-. The van der Waals surface area contributed by atoms with Crippen molar-refractivity contribution < 1.29 is 23.9 Å². The number of carbonyl (C=O) groups excluding carboxylic acids is 3. The number of benzene rings is 1. The normalized spacial score (nSPS) is 11.2. The molecule has 1 aromatic carbocycles. The van der Waals surface area contributed by atoms with E-state index < -0.39 is 24.5 Å². The van der Waals surface area contributed by atoms with E-state index in [1.165, 1.54) is 16.0 Å². The third-order valence-electron chi connectivity index (χ3n) is 4.80. The first-order valence-electron chi connectivity index (χ1n) is 10.6. The van der Waals surface area contributed by atoms with Crippen LogP contribution in [0.15, 0.2) is 30.3 Å². The van der Waals surface area contributed by atoms with Gasteiger partial charge in [0.15, 0.2) is 18.1 Å². The second kappa shape index (κ2) is 11.3. The van der Waals surface area contributed by atoms with Crippen LogP contribution in [0.4, 0.5) is 5.00 Å². The molecular formula is C23H25N5O5S. The molecule has 178 valence electrons. The average Bonchev–Trinajstić information content (AvgIpc) is 3.38. The summed E-state index contributed by atoms with van der Waals surface area (Å²) in [5.41, 5.74) is 1.93. The van der Waals surface area contributed by atoms with Crippen molar-refractivity contribution in [1.82, 2.24) is 20.2 Å². The molecule has 0 spiro atoms. The number of nitrogens with zero attached hydrogens (tertiary/aromatic N) is 4. The van der Waals surface area contributed by atoms with E-state index in [0.717, 1.165) is 16.0 Å². The first kappa shape index (κ1) is 24.8. The lowest BCUT2D eigenvalue weighted by molar-refractivity contribution is -0.141. The van der Waals surface area contributed by atoms with Gasteiger partial charge in [0.2, 0.25) is 0 Å². The number of nitrogens with one attached hydrogen (secondary N) is 1. The van der Waals surface area contributed by atoms with Crippen molar-refractivity contribution in [3.8, 4) is 0 Å². The number of hydrogen-bond acceptors (Lipinski definition) is 9. The van der Waals surface area contributed by atoms with Crippen molar-refractivity contribution in [1.29, 1.82) is 0 Å². The van der Waals surface area contributed by atoms with Gasteiger partial charge in [-0.1, -0.05) is 37.3 Å². The molecule has 10 nitrogen and oxygen atoms in total. The Labute approximate surface area is 200 Å². The first-order valence-corrected chi connectivity index (χ1v) is 11.5. The van der Waals surface area contributed by atoms with Gasteiger partial charge >= 0.3 is 11.9 Å². The molecule has 3 rings (SSSR count). The summed E-state index contributed by atoms with van der Waals surface area (Å²) in [5, 5.41) is 14.2. The van der Waals surface area contributed by atoms with Crippen LogP contribution in [0, 0.1) is 13.8 Å². The summed E-state index contributed by atoms with van der Waals surface area (Å²) in [6, 6.07) is 9.11. The Morgan fingerprint density at radius 3 is 2.47 bits per heavy atom. The van der Waals surface area contributed by atoms with E-state index in [9.17, 15) is 14.4 Å². The van der Waals surface area contributed by atoms with Crippen molar-refractivity contribution in [2.75, 3.05) is 18.5 Å². The van der Waals surface area contributed by atoms with Crippen LogP contribution in [0.2, 0.25) is 0 Å². The van der Waals surface area contributed by atoms with Gasteiger partial charge in [-0.3, -0.25) is 4.79 Å². The molecule has 0 fully saturated rings. The zero-order valence-corrected chi connectivity index (χ0v) is 20.1. The molecule has 2 heterocycles. The molecule has 0 aliphatic carbocycles. The molecule has 0 atom stereocenters. The fraction of sp³-hybridized carbons (Fsp3) is 0.304. The van der Waals surface area contributed by atoms with E-state index >= 15 is 0 Å². The predicted octanol–water partition coefficient (Wildman–Crippen LogP) is 3.27. The molecule has 0 aliphatic rings. The largest absolute Gasteiger partial charge is 0.462 e. The van der Waals surface area contributed by atoms with E-state index in [-0.39, 0.29) is 12.3 Å². The molecule has 0 saturated carbocycles. The number of rotatable bonds is 9. The minimum absolute atomic E-state index is 0.0500. The maximum Gasteiger partial charge on any atom is 0.357 e. The van der Waals surface area contributed by atoms with Crippen molar-refractivity contribution >= 4 is 46.0 Å². The lowest BCUT2D eigenvalue weighted by Crippen LogP contribution is -2.23. The molecule has 34 heavy (non-hydrogen) atoms. The number of esters is 2. The summed E-state index contributed by atoms with van der Waals surface area (Å²) < 4.78 is 11.6. The SMILES string of the molecule is CCOC(=O)c1c(NC(=O)COC(=O)/C(=C/c2ccccc2)n2nnnc2C)sc(C)c1CC. The Morgan fingerprint density at radius 1 is 1.12 bits per heavy atom. The highest BCUT2D eigenvalue weighted by Crippen LogP contribution is 2.34. The van der Waals surface area contributed by atoms with Crippen molar-refractivity contribution in [3.63, 3.8) is 0 Å². The summed E-state index contributed by atoms with van der Waals surface area (Å²) in [5.74, 6) is -1.49. The zero-order valence-electron chi connectivity index (χ0n) is 19.3. The van der Waals surface area contributed by atoms with Crippen molar-refractivity contribution in [2.45, 2.75) is 34.1 Å². The number of aryl methyl sites for hydroxylation is 2. The van der Waals surface area contributed by atoms with Gasteiger partial charge < -0.3 is 14.8 Å². The number of amides is 1. The Morgan fingerprint density at radius 2 is 1.85 bits per heavy atom. The zero-order chi connectivity index (χ0) is 24.7. The van der Waals surface area contributed by atoms with Crippen LogP contribution in [0.5, 0.6) is 0 Å². The van der Waals surface area contributed by atoms with Crippen molar-refractivity contribution in [3.05, 3.63) is 57.7 Å². The summed E-state index contributed by atoms with van der Waals surface area (Å²) in [6.45, 7) is 6.80. The molecule has 0 unspecified atom stereocenters. The third-order valence-corrected chi connectivity index (χ3v) is 5.86.